The van der Waals surface area contributed by atoms with Crippen molar-refractivity contribution < 1.29 is 14.3 Å². The van der Waals surface area contributed by atoms with E-state index in [4.69, 9.17) is 5.11 Å². The molecule has 60 valence electrons. The molecular weight excluding hydrogens is 169 g/mol. The molecule has 0 aliphatic carbocycles. The van der Waals surface area contributed by atoms with Gasteiger partial charge in [0.25, 0.3) is 0 Å². The second kappa shape index (κ2) is 2.96. The summed E-state index contributed by atoms with van der Waals surface area (Å²) in [4.78, 5) is 13.8. The van der Waals surface area contributed by atoms with Gasteiger partial charge in [-0.15, -0.1) is 11.3 Å². The molecule has 3 nitrogen and oxygen atoms in total. The Morgan fingerprint density at radius 2 is 2.55 bits per heavy atom. The minimum Gasteiger partial charge on any atom is -0.476 e. The van der Waals surface area contributed by atoms with Crippen molar-refractivity contribution in [1.29, 1.82) is 0 Å². The van der Waals surface area contributed by atoms with E-state index in [0.29, 0.717) is 0 Å². The maximum absolute atomic E-state index is 12.5. The lowest BCUT2D eigenvalue weighted by Gasteiger charge is -1.91. The second-order valence-corrected chi connectivity index (χ2v) is 2.88. The van der Waals surface area contributed by atoms with Crippen molar-refractivity contribution >= 4 is 17.3 Å². The average Bonchev–Trinajstić information content (AvgIpc) is 2.33. The summed E-state index contributed by atoms with van der Waals surface area (Å²) >= 11 is 1.02. The summed E-state index contributed by atoms with van der Waals surface area (Å²) in [5, 5.41) is 9.94. The first-order chi connectivity index (χ1) is 5.11. The van der Waals surface area contributed by atoms with E-state index >= 15 is 0 Å². The Bertz CT molecular complexity index is 271. The first-order valence-electron chi connectivity index (χ1n) is 2.94. The molecule has 1 atom stereocenters. The molecule has 1 aromatic rings. The number of rotatable bonds is 2. The van der Waals surface area contributed by atoms with Gasteiger partial charge < -0.3 is 5.11 Å². The summed E-state index contributed by atoms with van der Waals surface area (Å²) in [5.74, 6) is -1.12. The zero-order chi connectivity index (χ0) is 8.43. The molecule has 0 aliphatic heterocycles. The predicted octanol–water partition coefficient (Wildman–Crippen LogP) is 1.87. The van der Waals surface area contributed by atoms with Crippen LogP contribution < -0.4 is 0 Å². The van der Waals surface area contributed by atoms with Crippen LogP contribution >= 0.6 is 11.3 Å². The van der Waals surface area contributed by atoms with Crippen LogP contribution in [0.3, 0.4) is 0 Å². The highest BCUT2D eigenvalue weighted by atomic mass is 32.1. The number of carbonyl (C=O) groups is 1. The highest BCUT2D eigenvalue weighted by molar-refractivity contribution is 7.09. The number of carboxylic acids is 1. The molecular formula is C6H6FNO2S. The van der Waals surface area contributed by atoms with Gasteiger partial charge in [0, 0.05) is 5.38 Å². The van der Waals surface area contributed by atoms with Gasteiger partial charge in [-0.1, -0.05) is 0 Å². The van der Waals surface area contributed by atoms with Crippen LogP contribution in [0.2, 0.25) is 0 Å². The van der Waals surface area contributed by atoms with E-state index in [1.807, 2.05) is 0 Å². The Labute approximate surface area is 66.5 Å². The SMILES string of the molecule is C[C@@H](F)c1nc(C(=O)O)cs1. The van der Waals surface area contributed by atoms with Crippen LogP contribution in [0.15, 0.2) is 5.38 Å². The van der Waals surface area contributed by atoms with E-state index < -0.39 is 12.1 Å². The molecule has 1 rings (SSSR count). The summed E-state index contributed by atoms with van der Waals surface area (Å²) in [6.45, 7) is 1.32. The molecule has 0 saturated carbocycles. The van der Waals surface area contributed by atoms with Gasteiger partial charge in [-0.3, -0.25) is 0 Å². The number of nitrogens with zero attached hydrogens (tertiary/aromatic N) is 1. The van der Waals surface area contributed by atoms with Gasteiger partial charge in [-0.25, -0.2) is 14.2 Å². The first-order valence-corrected chi connectivity index (χ1v) is 3.82. The minimum atomic E-state index is -1.19. The molecule has 1 heterocycles. The van der Waals surface area contributed by atoms with Crippen molar-refractivity contribution in [2.45, 2.75) is 13.1 Å². The molecule has 1 aromatic heterocycles. The van der Waals surface area contributed by atoms with Crippen molar-refractivity contribution in [3.8, 4) is 0 Å². The van der Waals surface area contributed by atoms with E-state index in [-0.39, 0.29) is 10.7 Å². The molecule has 0 saturated heterocycles. The Morgan fingerprint density at radius 1 is 1.91 bits per heavy atom. The van der Waals surface area contributed by atoms with Crippen molar-refractivity contribution in [3.05, 3.63) is 16.1 Å². The Kier molecular flexibility index (Phi) is 2.19. The van der Waals surface area contributed by atoms with Crippen LogP contribution in [0.4, 0.5) is 4.39 Å². The molecule has 0 aliphatic rings. The average molecular weight is 175 g/mol. The van der Waals surface area contributed by atoms with Crippen molar-refractivity contribution in [3.63, 3.8) is 0 Å². The van der Waals surface area contributed by atoms with E-state index in [9.17, 15) is 9.18 Å². The molecule has 0 amide bonds. The van der Waals surface area contributed by atoms with Crippen molar-refractivity contribution in [1.82, 2.24) is 4.98 Å². The number of hydrogen-bond acceptors (Lipinski definition) is 3. The zero-order valence-electron chi connectivity index (χ0n) is 5.74. The molecule has 0 fully saturated rings. The van der Waals surface area contributed by atoms with E-state index in [0.717, 1.165) is 11.3 Å². The van der Waals surface area contributed by atoms with E-state index in [1.54, 1.807) is 0 Å². The molecule has 0 radical (unpaired) electrons. The van der Waals surface area contributed by atoms with Gasteiger partial charge in [0.05, 0.1) is 0 Å². The lowest BCUT2D eigenvalue weighted by molar-refractivity contribution is 0.0691. The standard InChI is InChI=1S/C6H6FNO2S/c1-3(7)5-8-4(2-11-5)6(9)10/h2-3H,1H3,(H,9,10)/t3-/m1/s1. The van der Waals surface area contributed by atoms with Gasteiger partial charge in [-0.05, 0) is 6.92 Å². The third kappa shape index (κ3) is 1.74. The van der Waals surface area contributed by atoms with Crippen molar-refractivity contribution in [2.75, 3.05) is 0 Å². The number of thiazole rings is 1. The third-order valence-corrected chi connectivity index (χ3v) is 2.08. The summed E-state index contributed by atoms with van der Waals surface area (Å²) < 4.78 is 12.5. The van der Waals surface area contributed by atoms with Crippen LogP contribution in [-0.4, -0.2) is 16.1 Å². The Balaban J connectivity index is 2.90. The quantitative estimate of drug-likeness (QED) is 0.746. The molecule has 0 unspecified atom stereocenters. The summed E-state index contributed by atoms with van der Waals surface area (Å²) in [6.07, 6.45) is -1.19. The number of alkyl halides is 1. The number of carboxylic acid groups (broad SMARTS) is 1. The lowest BCUT2D eigenvalue weighted by atomic mass is 10.4. The van der Waals surface area contributed by atoms with Gasteiger partial charge in [0.15, 0.2) is 5.69 Å². The number of halogens is 1. The molecule has 11 heavy (non-hydrogen) atoms. The molecule has 5 heteroatoms. The smallest absolute Gasteiger partial charge is 0.355 e. The number of aromatic carboxylic acids is 1. The highest BCUT2D eigenvalue weighted by Crippen LogP contribution is 2.20. The first kappa shape index (κ1) is 8.13. The number of hydrogen-bond donors (Lipinski definition) is 1. The van der Waals surface area contributed by atoms with Crippen LogP contribution in [0.25, 0.3) is 0 Å². The van der Waals surface area contributed by atoms with E-state index in [1.165, 1.54) is 12.3 Å². The fourth-order valence-electron chi connectivity index (χ4n) is 0.569. The fraction of sp³-hybridized carbons (Fsp3) is 0.333. The number of aromatic nitrogens is 1. The zero-order valence-corrected chi connectivity index (χ0v) is 6.56. The summed E-state index contributed by atoms with van der Waals surface area (Å²) in [7, 11) is 0. The van der Waals surface area contributed by atoms with Gasteiger partial charge in [0.2, 0.25) is 0 Å². The van der Waals surface area contributed by atoms with Gasteiger partial charge in [-0.2, -0.15) is 0 Å². The lowest BCUT2D eigenvalue weighted by Crippen LogP contribution is -1.96. The normalized spacial score (nSPS) is 12.9. The Morgan fingerprint density at radius 3 is 2.82 bits per heavy atom. The summed E-state index contributed by atoms with van der Waals surface area (Å²) in [5.41, 5.74) is -0.0884. The maximum Gasteiger partial charge on any atom is 0.355 e. The van der Waals surface area contributed by atoms with Crippen LogP contribution in [0, 0.1) is 0 Å². The van der Waals surface area contributed by atoms with Gasteiger partial charge >= 0.3 is 5.97 Å². The maximum atomic E-state index is 12.5. The molecule has 1 N–H and O–H groups in total. The topological polar surface area (TPSA) is 50.2 Å². The monoisotopic (exact) mass is 175 g/mol. The molecule has 0 spiro atoms. The van der Waals surface area contributed by atoms with Crippen LogP contribution in [-0.2, 0) is 0 Å². The van der Waals surface area contributed by atoms with E-state index in [2.05, 4.69) is 4.98 Å². The molecule has 0 bridgehead atoms. The second-order valence-electron chi connectivity index (χ2n) is 1.99. The van der Waals surface area contributed by atoms with Crippen molar-refractivity contribution in [2.24, 2.45) is 0 Å². The highest BCUT2D eigenvalue weighted by Gasteiger charge is 2.12. The largest absolute Gasteiger partial charge is 0.476 e. The Hall–Kier alpha value is -0.970. The van der Waals surface area contributed by atoms with Crippen LogP contribution in [0.1, 0.15) is 28.6 Å². The van der Waals surface area contributed by atoms with Gasteiger partial charge in [0.1, 0.15) is 11.2 Å². The molecule has 0 aromatic carbocycles. The predicted molar refractivity (Wildman–Crippen MR) is 38.6 cm³/mol. The fourth-order valence-corrected chi connectivity index (χ4v) is 1.29. The minimum absolute atomic E-state index is 0.0884. The third-order valence-electron chi connectivity index (χ3n) is 1.08. The summed E-state index contributed by atoms with van der Waals surface area (Å²) in [6, 6.07) is 0. The van der Waals surface area contributed by atoms with Crippen LogP contribution in [0.5, 0.6) is 0 Å².